The summed E-state index contributed by atoms with van der Waals surface area (Å²) in [6.45, 7) is 1.12. The van der Waals surface area contributed by atoms with Crippen molar-refractivity contribution in [2.24, 2.45) is 5.73 Å². The van der Waals surface area contributed by atoms with Gasteiger partial charge in [0.05, 0.1) is 0 Å². The van der Waals surface area contributed by atoms with Gasteiger partial charge in [-0.1, -0.05) is 23.7 Å². The van der Waals surface area contributed by atoms with Crippen molar-refractivity contribution in [3.8, 4) is 0 Å². The molecule has 2 nitrogen and oxygen atoms in total. The third-order valence-electron chi connectivity index (χ3n) is 3.01. The summed E-state index contributed by atoms with van der Waals surface area (Å²) in [5.41, 5.74) is 8.81. The van der Waals surface area contributed by atoms with Crippen molar-refractivity contribution in [1.29, 1.82) is 0 Å². The Kier molecular flexibility index (Phi) is 4.40. The highest BCUT2D eigenvalue weighted by molar-refractivity contribution is 6.30. The summed E-state index contributed by atoms with van der Waals surface area (Å²) in [7, 11) is 1.98. The summed E-state index contributed by atoms with van der Waals surface area (Å²) in [6, 6.07) is 12.2. The molecule has 100 valence electrons. The van der Waals surface area contributed by atoms with E-state index in [0.29, 0.717) is 18.1 Å². The van der Waals surface area contributed by atoms with E-state index in [1.807, 2.05) is 25.2 Å². The molecule has 0 aliphatic carbocycles. The predicted octanol–water partition coefficient (Wildman–Crippen LogP) is 3.57. The quantitative estimate of drug-likeness (QED) is 0.926. The van der Waals surface area contributed by atoms with Gasteiger partial charge < -0.3 is 10.6 Å². The van der Waals surface area contributed by atoms with E-state index in [9.17, 15) is 4.39 Å². The highest BCUT2D eigenvalue weighted by Crippen LogP contribution is 2.24. The molecule has 2 aromatic carbocycles. The lowest BCUT2D eigenvalue weighted by molar-refractivity contribution is 0.627. The van der Waals surface area contributed by atoms with E-state index in [1.165, 1.54) is 12.1 Å². The summed E-state index contributed by atoms with van der Waals surface area (Å²) >= 11 is 5.96. The Morgan fingerprint density at radius 2 is 1.84 bits per heavy atom. The van der Waals surface area contributed by atoms with Gasteiger partial charge in [0.1, 0.15) is 5.82 Å². The van der Waals surface area contributed by atoms with E-state index in [2.05, 4.69) is 4.90 Å². The van der Waals surface area contributed by atoms with Crippen molar-refractivity contribution in [3.63, 3.8) is 0 Å². The number of hydrogen-bond acceptors (Lipinski definition) is 2. The normalized spacial score (nSPS) is 10.5. The molecule has 0 aliphatic heterocycles. The highest BCUT2D eigenvalue weighted by atomic mass is 35.5. The first kappa shape index (κ1) is 13.8. The van der Waals surface area contributed by atoms with Crippen molar-refractivity contribution in [1.82, 2.24) is 0 Å². The number of nitrogens with zero attached hydrogens (tertiary/aromatic N) is 1. The lowest BCUT2D eigenvalue weighted by atomic mass is 10.1. The first-order chi connectivity index (χ1) is 9.10. The summed E-state index contributed by atoms with van der Waals surface area (Å²) in [5.74, 6) is -0.222. The minimum Gasteiger partial charge on any atom is -0.370 e. The Balaban J connectivity index is 2.19. The molecule has 0 spiro atoms. The van der Waals surface area contributed by atoms with Crippen LogP contribution in [-0.2, 0) is 13.1 Å². The molecule has 2 aromatic rings. The van der Waals surface area contributed by atoms with Gasteiger partial charge in [-0.2, -0.15) is 0 Å². The molecule has 2 rings (SSSR count). The fourth-order valence-electron chi connectivity index (χ4n) is 2.04. The zero-order valence-corrected chi connectivity index (χ0v) is 11.5. The van der Waals surface area contributed by atoms with Crippen LogP contribution < -0.4 is 10.6 Å². The fraction of sp³-hybridized carbons (Fsp3) is 0.200. The molecule has 0 radical (unpaired) electrons. The lowest BCUT2D eigenvalue weighted by Crippen LogP contribution is -2.18. The van der Waals surface area contributed by atoms with Crippen LogP contribution >= 0.6 is 11.6 Å². The molecule has 0 aromatic heterocycles. The number of anilines is 1. The molecule has 0 aliphatic rings. The van der Waals surface area contributed by atoms with Crippen LogP contribution in [0.1, 0.15) is 11.1 Å². The smallest absolute Gasteiger partial charge is 0.123 e. The summed E-state index contributed by atoms with van der Waals surface area (Å²) in [5, 5.41) is 0.680. The SMILES string of the molecule is CN(Cc1ccc(F)cc1)c1ccc(Cl)cc1CN. The van der Waals surface area contributed by atoms with Crippen LogP contribution in [0.4, 0.5) is 10.1 Å². The number of rotatable bonds is 4. The van der Waals surface area contributed by atoms with E-state index in [0.717, 1.165) is 16.8 Å². The van der Waals surface area contributed by atoms with Gasteiger partial charge in [-0.05, 0) is 41.5 Å². The molecular formula is C15H16ClFN2. The van der Waals surface area contributed by atoms with Crippen LogP contribution in [0.5, 0.6) is 0 Å². The van der Waals surface area contributed by atoms with E-state index in [-0.39, 0.29) is 5.82 Å². The van der Waals surface area contributed by atoms with Crippen molar-refractivity contribution < 1.29 is 4.39 Å². The standard InChI is InChI=1S/C15H16ClFN2/c1-19(10-11-2-5-14(17)6-3-11)15-7-4-13(16)8-12(15)9-18/h2-8H,9-10,18H2,1H3. The molecule has 2 N–H and O–H groups in total. The first-order valence-electron chi connectivity index (χ1n) is 6.04. The average molecular weight is 279 g/mol. The van der Waals surface area contributed by atoms with Gasteiger partial charge in [0.15, 0.2) is 0 Å². The second-order valence-electron chi connectivity index (χ2n) is 4.46. The van der Waals surface area contributed by atoms with Crippen molar-refractivity contribution >= 4 is 17.3 Å². The monoisotopic (exact) mass is 278 g/mol. The zero-order valence-electron chi connectivity index (χ0n) is 10.7. The molecule has 4 heteroatoms. The summed E-state index contributed by atoms with van der Waals surface area (Å²) in [6.07, 6.45) is 0. The zero-order chi connectivity index (χ0) is 13.8. The van der Waals surface area contributed by atoms with E-state index in [4.69, 9.17) is 17.3 Å². The fourth-order valence-corrected chi connectivity index (χ4v) is 2.23. The maximum atomic E-state index is 12.9. The van der Waals surface area contributed by atoms with Gasteiger partial charge in [-0.25, -0.2) is 4.39 Å². The Bertz CT molecular complexity index is 555. The molecule has 0 saturated carbocycles. The van der Waals surface area contributed by atoms with E-state index >= 15 is 0 Å². The van der Waals surface area contributed by atoms with Crippen LogP contribution in [0.2, 0.25) is 5.02 Å². The van der Waals surface area contributed by atoms with Crippen LogP contribution in [-0.4, -0.2) is 7.05 Å². The Labute approximate surface area is 117 Å². The Morgan fingerprint density at radius 3 is 2.47 bits per heavy atom. The van der Waals surface area contributed by atoms with Gasteiger partial charge in [0, 0.05) is 30.8 Å². The number of halogens is 2. The molecule has 0 bridgehead atoms. The molecule has 0 atom stereocenters. The minimum absolute atomic E-state index is 0.222. The molecule has 0 fully saturated rings. The maximum absolute atomic E-state index is 12.9. The second-order valence-corrected chi connectivity index (χ2v) is 4.90. The van der Waals surface area contributed by atoms with E-state index in [1.54, 1.807) is 12.1 Å². The topological polar surface area (TPSA) is 29.3 Å². The number of nitrogens with two attached hydrogens (primary N) is 1. The third-order valence-corrected chi connectivity index (χ3v) is 3.24. The van der Waals surface area contributed by atoms with Crippen LogP contribution in [0.25, 0.3) is 0 Å². The number of benzene rings is 2. The lowest BCUT2D eigenvalue weighted by Gasteiger charge is -2.22. The molecule has 19 heavy (non-hydrogen) atoms. The highest BCUT2D eigenvalue weighted by Gasteiger charge is 2.08. The molecule has 0 heterocycles. The van der Waals surface area contributed by atoms with Crippen molar-refractivity contribution in [3.05, 3.63) is 64.4 Å². The van der Waals surface area contributed by atoms with Gasteiger partial charge in [0.25, 0.3) is 0 Å². The second kappa shape index (κ2) is 6.04. The van der Waals surface area contributed by atoms with Gasteiger partial charge >= 0.3 is 0 Å². The minimum atomic E-state index is -0.222. The Hall–Kier alpha value is -1.58. The van der Waals surface area contributed by atoms with Crippen molar-refractivity contribution in [2.75, 3.05) is 11.9 Å². The summed E-state index contributed by atoms with van der Waals surface area (Å²) in [4.78, 5) is 2.08. The molecule has 0 amide bonds. The molecule has 0 saturated heterocycles. The third kappa shape index (κ3) is 3.46. The molecular weight excluding hydrogens is 263 g/mol. The van der Waals surface area contributed by atoms with Gasteiger partial charge in [-0.3, -0.25) is 0 Å². The predicted molar refractivity (Wildman–Crippen MR) is 77.9 cm³/mol. The first-order valence-corrected chi connectivity index (χ1v) is 6.42. The largest absolute Gasteiger partial charge is 0.370 e. The molecule has 0 unspecified atom stereocenters. The van der Waals surface area contributed by atoms with Crippen LogP contribution in [0.15, 0.2) is 42.5 Å². The van der Waals surface area contributed by atoms with Crippen LogP contribution in [0.3, 0.4) is 0 Å². The maximum Gasteiger partial charge on any atom is 0.123 e. The van der Waals surface area contributed by atoms with Crippen LogP contribution in [0, 0.1) is 5.82 Å². The van der Waals surface area contributed by atoms with Gasteiger partial charge in [-0.15, -0.1) is 0 Å². The van der Waals surface area contributed by atoms with Crippen molar-refractivity contribution in [2.45, 2.75) is 13.1 Å². The number of hydrogen-bond donors (Lipinski definition) is 1. The average Bonchev–Trinajstić information content (AvgIpc) is 2.41. The Morgan fingerprint density at radius 1 is 1.16 bits per heavy atom. The van der Waals surface area contributed by atoms with Gasteiger partial charge in [0.2, 0.25) is 0 Å². The summed E-state index contributed by atoms with van der Waals surface area (Å²) < 4.78 is 12.9. The van der Waals surface area contributed by atoms with E-state index < -0.39 is 0 Å².